The standard InChI is InChI=1S/C25H27N3O5/c29-23-9-8-21(24(30)26-23)28-15-20-19(25(28)31)2-1-3-22(20)33-16-18-6-4-17(5-7-18)14-27-10-12-32-13-11-27/h1-7,21H,8-16H2,(H,26,29,30)/i12D2. The maximum absolute atomic E-state index is 13.0. The summed E-state index contributed by atoms with van der Waals surface area (Å²) < 4.78 is 26.8. The lowest BCUT2D eigenvalue weighted by Gasteiger charge is -2.29. The maximum Gasteiger partial charge on any atom is 0.255 e. The molecule has 0 radical (unpaired) electrons. The molecule has 0 aliphatic carbocycles. The molecule has 2 fully saturated rings. The molecular weight excluding hydrogens is 422 g/mol. The zero-order valence-corrected chi connectivity index (χ0v) is 18.2. The van der Waals surface area contributed by atoms with Crippen LogP contribution in [-0.2, 0) is 34.0 Å². The van der Waals surface area contributed by atoms with Crippen molar-refractivity contribution in [3.05, 3.63) is 64.7 Å². The van der Waals surface area contributed by atoms with E-state index in [-0.39, 0.29) is 31.3 Å². The number of nitrogens with zero attached hydrogens (tertiary/aromatic N) is 2. The third-order valence-corrected chi connectivity index (χ3v) is 6.26. The van der Waals surface area contributed by atoms with Crippen LogP contribution in [0.2, 0.25) is 0 Å². The van der Waals surface area contributed by atoms with Crippen LogP contribution in [0.4, 0.5) is 0 Å². The van der Waals surface area contributed by atoms with Crippen LogP contribution in [0.1, 0.15) is 42.6 Å². The van der Waals surface area contributed by atoms with Crippen LogP contribution >= 0.6 is 0 Å². The number of hydrogen-bond donors (Lipinski definition) is 1. The Morgan fingerprint density at radius 3 is 2.70 bits per heavy atom. The van der Waals surface area contributed by atoms with Crippen LogP contribution in [0.25, 0.3) is 0 Å². The molecule has 8 heteroatoms. The number of nitrogens with one attached hydrogen (secondary N) is 1. The van der Waals surface area contributed by atoms with Gasteiger partial charge in [-0.25, -0.2) is 0 Å². The Bertz CT molecular complexity index is 1150. The molecule has 2 saturated heterocycles. The van der Waals surface area contributed by atoms with E-state index < -0.39 is 18.5 Å². The predicted molar refractivity (Wildman–Crippen MR) is 119 cm³/mol. The van der Waals surface area contributed by atoms with E-state index in [4.69, 9.17) is 12.2 Å². The summed E-state index contributed by atoms with van der Waals surface area (Å²) in [5, 5.41) is 2.32. The largest absolute Gasteiger partial charge is 0.489 e. The van der Waals surface area contributed by atoms with Gasteiger partial charge in [0, 0.05) is 37.2 Å². The fourth-order valence-electron chi connectivity index (χ4n) is 4.45. The maximum atomic E-state index is 13.0. The number of amides is 3. The van der Waals surface area contributed by atoms with Crippen LogP contribution in [0.5, 0.6) is 5.75 Å². The van der Waals surface area contributed by atoms with Crippen molar-refractivity contribution in [3.8, 4) is 5.75 Å². The molecule has 1 atom stereocenters. The number of ether oxygens (including phenoxy) is 2. The number of carbonyl (C=O) groups is 3. The average Bonchev–Trinajstić information content (AvgIpc) is 3.15. The lowest BCUT2D eigenvalue weighted by Crippen LogP contribution is -2.52. The lowest BCUT2D eigenvalue weighted by atomic mass is 10.0. The van der Waals surface area contributed by atoms with Crippen molar-refractivity contribution in [3.63, 3.8) is 0 Å². The molecule has 0 spiro atoms. The third-order valence-electron chi connectivity index (χ3n) is 6.26. The second-order valence-corrected chi connectivity index (χ2v) is 8.49. The molecule has 1 N–H and O–H groups in total. The molecule has 2 aromatic rings. The minimum absolute atomic E-state index is 0.217. The summed E-state index contributed by atoms with van der Waals surface area (Å²) in [4.78, 5) is 40.3. The highest BCUT2D eigenvalue weighted by atomic mass is 16.5. The quantitative estimate of drug-likeness (QED) is 0.675. The molecule has 3 aliphatic heterocycles. The third kappa shape index (κ3) is 4.62. The highest BCUT2D eigenvalue weighted by Crippen LogP contribution is 2.34. The molecule has 0 aromatic heterocycles. The molecule has 0 bridgehead atoms. The van der Waals surface area contributed by atoms with Crippen molar-refractivity contribution in [1.82, 2.24) is 15.1 Å². The van der Waals surface area contributed by atoms with E-state index in [2.05, 4.69) is 5.32 Å². The van der Waals surface area contributed by atoms with E-state index in [0.29, 0.717) is 44.0 Å². The van der Waals surface area contributed by atoms with Gasteiger partial charge in [-0.2, -0.15) is 0 Å². The summed E-state index contributed by atoms with van der Waals surface area (Å²) in [6.45, 7) is 0.936. The highest BCUT2D eigenvalue weighted by molar-refractivity contribution is 6.05. The molecule has 1 unspecified atom stereocenters. The first kappa shape index (κ1) is 19.3. The van der Waals surface area contributed by atoms with Gasteiger partial charge in [0.2, 0.25) is 11.8 Å². The number of piperidine rings is 1. The topological polar surface area (TPSA) is 88.2 Å². The second-order valence-electron chi connectivity index (χ2n) is 8.49. The number of benzene rings is 2. The Labute approximate surface area is 195 Å². The zero-order chi connectivity index (χ0) is 24.6. The van der Waals surface area contributed by atoms with Gasteiger partial charge in [0.25, 0.3) is 5.91 Å². The van der Waals surface area contributed by atoms with Crippen LogP contribution in [0.15, 0.2) is 42.5 Å². The first-order valence-corrected chi connectivity index (χ1v) is 11.1. The Balaban J connectivity index is 1.22. The minimum atomic E-state index is -1.61. The van der Waals surface area contributed by atoms with Crippen LogP contribution in [0, 0.1) is 0 Å². The van der Waals surface area contributed by atoms with Gasteiger partial charge in [0.15, 0.2) is 0 Å². The van der Waals surface area contributed by atoms with E-state index in [1.165, 1.54) is 4.90 Å². The summed E-state index contributed by atoms with van der Waals surface area (Å²) in [6, 6.07) is 12.6. The molecule has 33 heavy (non-hydrogen) atoms. The van der Waals surface area contributed by atoms with Crippen molar-refractivity contribution < 1.29 is 26.6 Å². The van der Waals surface area contributed by atoms with Gasteiger partial charge in [-0.15, -0.1) is 0 Å². The fraction of sp³-hybridized carbons (Fsp3) is 0.400. The Hall–Kier alpha value is -3.23. The van der Waals surface area contributed by atoms with Crippen molar-refractivity contribution in [2.24, 2.45) is 0 Å². The Kier molecular flexibility index (Phi) is 5.44. The molecule has 0 saturated carbocycles. The normalized spacial score (nSPS) is 23.6. The van der Waals surface area contributed by atoms with Gasteiger partial charge in [-0.05, 0) is 29.7 Å². The molecule has 2 aromatic carbocycles. The molecular formula is C25H27N3O5. The zero-order valence-electron chi connectivity index (χ0n) is 20.2. The smallest absolute Gasteiger partial charge is 0.255 e. The number of morpholine rings is 1. The summed E-state index contributed by atoms with van der Waals surface area (Å²) >= 11 is 0. The van der Waals surface area contributed by atoms with Crippen LogP contribution < -0.4 is 10.1 Å². The highest BCUT2D eigenvalue weighted by Gasteiger charge is 2.40. The van der Waals surface area contributed by atoms with Gasteiger partial charge < -0.3 is 14.4 Å². The van der Waals surface area contributed by atoms with E-state index in [9.17, 15) is 14.4 Å². The number of hydrogen-bond acceptors (Lipinski definition) is 6. The van der Waals surface area contributed by atoms with E-state index in [1.807, 2.05) is 35.2 Å². The van der Waals surface area contributed by atoms with E-state index >= 15 is 0 Å². The fourth-order valence-corrected chi connectivity index (χ4v) is 4.45. The number of carbonyl (C=O) groups excluding carboxylic acids is 3. The summed E-state index contributed by atoms with van der Waals surface area (Å²) in [5.74, 6) is -0.364. The summed E-state index contributed by atoms with van der Waals surface area (Å²) in [7, 11) is 0. The summed E-state index contributed by atoms with van der Waals surface area (Å²) in [6.07, 6.45) is 0.538. The average molecular weight is 452 g/mol. The minimum Gasteiger partial charge on any atom is -0.489 e. The molecule has 3 heterocycles. The van der Waals surface area contributed by atoms with Crippen molar-refractivity contribution in [2.75, 3.05) is 26.3 Å². The molecule has 3 aliphatic rings. The van der Waals surface area contributed by atoms with Gasteiger partial charge in [-0.3, -0.25) is 24.6 Å². The van der Waals surface area contributed by atoms with Crippen LogP contribution in [0.3, 0.4) is 0 Å². The first-order valence-electron chi connectivity index (χ1n) is 12.1. The SMILES string of the molecule is [2H]C1([2H])CN(Cc2ccc(COc3cccc4c3CN(C3CCC(=O)NC3=O)C4=O)cc2)CCO1. The summed E-state index contributed by atoms with van der Waals surface area (Å²) in [5.41, 5.74) is 3.32. The van der Waals surface area contributed by atoms with Crippen molar-refractivity contribution in [2.45, 2.75) is 38.6 Å². The number of fused-ring (bicyclic) bond motifs is 1. The van der Waals surface area contributed by atoms with Gasteiger partial charge >= 0.3 is 0 Å². The Morgan fingerprint density at radius 2 is 1.91 bits per heavy atom. The van der Waals surface area contributed by atoms with E-state index in [0.717, 1.165) is 16.7 Å². The van der Waals surface area contributed by atoms with Crippen molar-refractivity contribution >= 4 is 17.7 Å². The number of imide groups is 1. The van der Waals surface area contributed by atoms with Gasteiger partial charge in [0.05, 0.1) is 22.5 Å². The number of rotatable bonds is 6. The molecule has 172 valence electrons. The van der Waals surface area contributed by atoms with Gasteiger partial charge in [-0.1, -0.05) is 30.3 Å². The molecule has 8 nitrogen and oxygen atoms in total. The second kappa shape index (κ2) is 9.33. The van der Waals surface area contributed by atoms with Crippen molar-refractivity contribution in [1.29, 1.82) is 0 Å². The van der Waals surface area contributed by atoms with Gasteiger partial charge in [0.1, 0.15) is 18.4 Å². The van der Waals surface area contributed by atoms with Crippen LogP contribution in [-0.4, -0.2) is 59.8 Å². The molecule has 3 amide bonds. The Morgan fingerprint density at radius 1 is 1.09 bits per heavy atom. The first-order chi connectivity index (χ1) is 16.8. The lowest BCUT2D eigenvalue weighted by molar-refractivity contribution is -0.136. The monoisotopic (exact) mass is 451 g/mol. The predicted octanol–water partition coefficient (Wildman–Crippen LogP) is 1.86. The molecule has 5 rings (SSSR count). The van der Waals surface area contributed by atoms with E-state index in [1.54, 1.807) is 12.1 Å².